The fourth-order valence-electron chi connectivity index (χ4n) is 3.30. The van der Waals surface area contributed by atoms with Crippen LogP contribution in [0.2, 0.25) is 10.0 Å². The Balaban J connectivity index is 1.49. The Morgan fingerprint density at radius 3 is 2.36 bits per heavy atom. The second-order valence-electron chi connectivity index (χ2n) is 6.86. The van der Waals surface area contributed by atoms with Gasteiger partial charge in [-0.1, -0.05) is 29.3 Å². The van der Waals surface area contributed by atoms with Gasteiger partial charge in [-0.25, -0.2) is 4.79 Å². The lowest BCUT2D eigenvalue weighted by Gasteiger charge is -2.31. The molecule has 1 aliphatic heterocycles. The van der Waals surface area contributed by atoms with Gasteiger partial charge in [0.25, 0.3) is 0 Å². The summed E-state index contributed by atoms with van der Waals surface area (Å²) in [6.07, 6.45) is 1.60. The zero-order chi connectivity index (χ0) is 20.1. The van der Waals surface area contributed by atoms with Crippen molar-refractivity contribution >= 4 is 40.8 Å². The van der Waals surface area contributed by atoms with Gasteiger partial charge < -0.3 is 10.1 Å². The molecule has 1 aliphatic rings. The van der Waals surface area contributed by atoms with E-state index >= 15 is 0 Å². The summed E-state index contributed by atoms with van der Waals surface area (Å²) in [6, 6.07) is 12.4. The zero-order valence-electron chi connectivity index (χ0n) is 15.6. The standard InChI is InChI=1S/C21H22Cl2N2O3/c1-28-21(27)16-3-5-17(6-4-16)24-20(26)15-8-10-25(11-9-15)13-14-2-7-18(22)19(23)12-14/h2-7,12,15H,8-11,13H2,1H3,(H,24,26). The van der Waals surface area contributed by atoms with Crippen LogP contribution in [-0.4, -0.2) is 37.0 Å². The maximum absolute atomic E-state index is 12.5. The molecule has 1 N–H and O–H groups in total. The van der Waals surface area contributed by atoms with Crippen LogP contribution in [-0.2, 0) is 16.1 Å². The molecule has 0 aliphatic carbocycles. The van der Waals surface area contributed by atoms with Gasteiger partial charge in [-0.05, 0) is 67.9 Å². The minimum Gasteiger partial charge on any atom is -0.465 e. The van der Waals surface area contributed by atoms with Crippen LogP contribution in [0.5, 0.6) is 0 Å². The molecule has 5 nitrogen and oxygen atoms in total. The van der Waals surface area contributed by atoms with Gasteiger partial charge in [0, 0.05) is 18.2 Å². The molecule has 0 unspecified atom stereocenters. The summed E-state index contributed by atoms with van der Waals surface area (Å²) in [7, 11) is 1.34. The van der Waals surface area contributed by atoms with Gasteiger partial charge in [0.15, 0.2) is 0 Å². The highest BCUT2D eigenvalue weighted by atomic mass is 35.5. The first kappa shape index (κ1) is 20.6. The number of methoxy groups -OCH3 is 1. The molecule has 0 atom stereocenters. The van der Waals surface area contributed by atoms with Crippen LogP contribution < -0.4 is 5.32 Å². The molecule has 3 rings (SSSR count). The highest BCUT2D eigenvalue weighted by Gasteiger charge is 2.25. The molecule has 2 aromatic carbocycles. The number of halogens is 2. The van der Waals surface area contributed by atoms with Crippen molar-refractivity contribution in [2.75, 3.05) is 25.5 Å². The fourth-order valence-corrected chi connectivity index (χ4v) is 3.62. The summed E-state index contributed by atoms with van der Waals surface area (Å²) in [5, 5.41) is 4.05. The number of anilines is 1. The molecule has 0 saturated carbocycles. The van der Waals surface area contributed by atoms with Crippen molar-refractivity contribution in [3.05, 3.63) is 63.6 Å². The van der Waals surface area contributed by atoms with Gasteiger partial charge in [0.1, 0.15) is 0 Å². The Bertz CT molecular complexity index is 847. The Hall–Kier alpha value is -2.08. The summed E-state index contributed by atoms with van der Waals surface area (Å²) < 4.78 is 4.67. The van der Waals surface area contributed by atoms with E-state index in [-0.39, 0.29) is 11.8 Å². The van der Waals surface area contributed by atoms with E-state index in [1.54, 1.807) is 24.3 Å². The average Bonchev–Trinajstić information content (AvgIpc) is 2.71. The van der Waals surface area contributed by atoms with Crippen molar-refractivity contribution in [2.45, 2.75) is 19.4 Å². The predicted molar refractivity (Wildman–Crippen MR) is 111 cm³/mol. The van der Waals surface area contributed by atoms with E-state index in [0.717, 1.165) is 38.0 Å². The lowest BCUT2D eigenvalue weighted by Crippen LogP contribution is -2.37. The number of carbonyl (C=O) groups excluding carboxylic acids is 2. The number of hydrogen-bond acceptors (Lipinski definition) is 4. The average molecular weight is 421 g/mol. The van der Waals surface area contributed by atoms with Crippen LogP contribution in [0, 0.1) is 5.92 Å². The lowest BCUT2D eigenvalue weighted by molar-refractivity contribution is -0.121. The Kier molecular flexibility index (Phi) is 6.94. The molecular formula is C21H22Cl2N2O3. The largest absolute Gasteiger partial charge is 0.465 e. The summed E-state index contributed by atoms with van der Waals surface area (Å²) in [6.45, 7) is 2.49. The number of hydrogen-bond donors (Lipinski definition) is 1. The van der Waals surface area contributed by atoms with Gasteiger partial charge >= 0.3 is 5.97 Å². The first-order valence-corrected chi connectivity index (χ1v) is 9.87. The maximum atomic E-state index is 12.5. The number of nitrogens with zero attached hydrogens (tertiary/aromatic N) is 1. The number of likely N-dealkylation sites (tertiary alicyclic amines) is 1. The Morgan fingerprint density at radius 2 is 1.75 bits per heavy atom. The van der Waals surface area contributed by atoms with E-state index in [2.05, 4.69) is 15.0 Å². The number of amides is 1. The van der Waals surface area contributed by atoms with Crippen molar-refractivity contribution in [1.29, 1.82) is 0 Å². The van der Waals surface area contributed by atoms with Gasteiger partial charge in [-0.2, -0.15) is 0 Å². The van der Waals surface area contributed by atoms with Gasteiger partial charge in [-0.15, -0.1) is 0 Å². The number of rotatable bonds is 5. The van der Waals surface area contributed by atoms with E-state index in [1.807, 2.05) is 18.2 Å². The van der Waals surface area contributed by atoms with Crippen molar-refractivity contribution in [3.63, 3.8) is 0 Å². The van der Waals surface area contributed by atoms with Crippen LogP contribution >= 0.6 is 23.2 Å². The monoisotopic (exact) mass is 420 g/mol. The lowest BCUT2D eigenvalue weighted by atomic mass is 9.95. The number of carbonyl (C=O) groups is 2. The fraction of sp³-hybridized carbons (Fsp3) is 0.333. The van der Waals surface area contributed by atoms with Crippen LogP contribution in [0.3, 0.4) is 0 Å². The molecule has 0 radical (unpaired) electrons. The van der Waals surface area contributed by atoms with Crippen molar-refractivity contribution in [3.8, 4) is 0 Å². The molecule has 1 saturated heterocycles. The SMILES string of the molecule is COC(=O)c1ccc(NC(=O)C2CCN(Cc3ccc(Cl)c(Cl)c3)CC2)cc1. The topological polar surface area (TPSA) is 58.6 Å². The molecule has 1 amide bonds. The summed E-state index contributed by atoms with van der Waals surface area (Å²) in [4.78, 5) is 26.3. The Labute approximate surface area is 174 Å². The number of piperidine rings is 1. The molecule has 0 aromatic heterocycles. The third-order valence-electron chi connectivity index (χ3n) is 4.92. The number of esters is 1. The minimum atomic E-state index is -0.396. The summed E-state index contributed by atoms with van der Waals surface area (Å²) >= 11 is 12.0. The number of benzene rings is 2. The van der Waals surface area contributed by atoms with Crippen LogP contribution in [0.15, 0.2) is 42.5 Å². The van der Waals surface area contributed by atoms with Crippen molar-refractivity contribution in [2.24, 2.45) is 5.92 Å². The first-order chi connectivity index (χ1) is 13.5. The third kappa shape index (κ3) is 5.25. The maximum Gasteiger partial charge on any atom is 0.337 e. The highest BCUT2D eigenvalue weighted by Crippen LogP contribution is 2.25. The summed E-state index contributed by atoms with van der Waals surface area (Å²) in [5.74, 6) is -0.405. The number of nitrogens with one attached hydrogen (secondary N) is 1. The molecule has 2 aromatic rings. The van der Waals surface area contributed by atoms with Crippen molar-refractivity contribution < 1.29 is 14.3 Å². The molecule has 28 heavy (non-hydrogen) atoms. The first-order valence-electron chi connectivity index (χ1n) is 9.12. The van der Waals surface area contributed by atoms with Crippen molar-refractivity contribution in [1.82, 2.24) is 4.90 Å². The molecule has 1 fully saturated rings. The number of ether oxygens (including phenoxy) is 1. The zero-order valence-corrected chi connectivity index (χ0v) is 17.1. The van der Waals surface area contributed by atoms with E-state index < -0.39 is 5.97 Å². The van der Waals surface area contributed by atoms with Gasteiger partial charge in [-0.3, -0.25) is 9.69 Å². The predicted octanol–water partition coefficient (Wildman–Crippen LogP) is 4.63. The second-order valence-corrected chi connectivity index (χ2v) is 7.67. The third-order valence-corrected chi connectivity index (χ3v) is 5.66. The minimum absolute atomic E-state index is 0.0139. The molecule has 1 heterocycles. The smallest absolute Gasteiger partial charge is 0.337 e. The molecule has 7 heteroatoms. The second kappa shape index (κ2) is 9.41. The highest BCUT2D eigenvalue weighted by molar-refractivity contribution is 6.42. The van der Waals surface area contributed by atoms with Crippen LogP contribution in [0.1, 0.15) is 28.8 Å². The summed E-state index contributed by atoms with van der Waals surface area (Å²) in [5.41, 5.74) is 2.25. The molecule has 148 valence electrons. The normalized spacial score (nSPS) is 15.2. The van der Waals surface area contributed by atoms with E-state index in [4.69, 9.17) is 23.2 Å². The van der Waals surface area contributed by atoms with E-state index in [1.165, 1.54) is 7.11 Å². The van der Waals surface area contributed by atoms with Crippen LogP contribution in [0.25, 0.3) is 0 Å². The van der Waals surface area contributed by atoms with E-state index in [0.29, 0.717) is 21.3 Å². The van der Waals surface area contributed by atoms with Gasteiger partial charge in [0.05, 0.1) is 22.7 Å². The quantitative estimate of drug-likeness (QED) is 0.716. The Morgan fingerprint density at radius 1 is 1.07 bits per heavy atom. The molecular weight excluding hydrogens is 399 g/mol. The molecule has 0 bridgehead atoms. The molecule has 0 spiro atoms. The van der Waals surface area contributed by atoms with E-state index in [9.17, 15) is 9.59 Å². The van der Waals surface area contributed by atoms with Crippen LogP contribution in [0.4, 0.5) is 5.69 Å². The van der Waals surface area contributed by atoms with Gasteiger partial charge in [0.2, 0.25) is 5.91 Å².